The van der Waals surface area contributed by atoms with Gasteiger partial charge in [0.1, 0.15) is 5.69 Å². The summed E-state index contributed by atoms with van der Waals surface area (Å²) in [5, 5.41) is 13.5. The SMILES string of the molecule is CCCNCCCCCC1=C/C=C/C=c2\ccc(-c3c[nH]nc3-c3cccc(C)n3)c\c2=C\1. The second-order valence-corrected chi connectivity index (χ2v) is 8.65. The minimum absolute atomic E-state index is 0.890. The van der Waals surface area contributed by atoms with Crippen LogP contribution in [0.4, 0.5) is 0 Å². The fraction of sp³-hybridized carbons (Fsp3) is 0.310. The Bertz CT molecular complexity index is 1250. The number of aromatic amines is 1. The number of aromatic nitrogens is 3. The molecule has 2 heterocycles. The summed E-state index contributed by atoms with van der Waals surface area (Å²) in [6, 6.07) is 12.7. The fourth-order valence-electron chi connectivity index (χ4n) is 4.20. The molecule has 0 unspecified atom stereocenters. The molecule has 2 N–H and O–H groups in total. The average Bonchev–Trinajstić information content (AvgIpc) is 3.30. The number of unbranched alkanes of at least 4 members (excludes halogenated alkanes) is 2. The van der Waals surface area contributed by atoms with Gasteiger partial charge in [-0.25, -0.2) is 0 Å². The van der Waals surface area contributed by atoms with Crippen LogP contribution in [0.25, 0.3) is 34.7 Å². The van der Waals surface area contributed by atoms with Crippen molar-refractivity contribution < 1.29 is 0 Å². The molecule has 0 saturated heterocycles. The fourth-order valence-corrected chi connectivity index (χ4v) is 4.20. The number of allylic oxidation sites excluding steroid dienone is 4. The zero-order valence-corrected chi connectivity index (χ0v) is 19.8. The summed E-state index contributed by atoms with van der Waals surface area (Å²) in [5.74, 6) is 0. The van der Waals surface area contributed by atoms with Gasteiger partial charge in [0, 0.05) is 17.5 Å². The summed E-state index contributed by atoms with van der Waals surface area (Å²) in [4.78, 5) is 4.67. The van der Waals surface area contributed by atoms with E-state index in [-0.39, 0.29) is 0 Å². The van der Waals surface area contributed by atoms with Crippen LogP contribution in [0.15, 0.2) is 66.4 Å². The number of nitrogens with zero attached hydrogens (tertiary/aromatic N) is 2. The number of rotatable bonds is 10. The van der Waals surface area contributed by atoms with Crippen molar-refractivity contribution in [3.05, 3.63) is 82.5 Å². The second kappa shape index (κ2) is 11.6. The molecule has 1 aromatic carbocycles. The van der Waals surface area contributed by atoms with Crippen molar-refractivity contribution in [3.8, 4) is 22.5 Å². The first-order valence-corrected chi connectivity index (χ1v) is 12.1. The maximum atomic E-state index is 4.67. The highest BCUT2D eigenvalue weighted by molar-refractivity contribution is 5.79. The summed E-state index contributed by atoms with van der Waals surface area (Å²) in [5.41, 5.74) is 6.38. The van der Waals surface area contributed by atoms with Crippen LogP contribution < -0.4 is 15.8 Å². The third-order valence-electron chi connectivity index (χ3n) is 5.95. The number of hydrogen-bond donors (Lipinski definition) is 2. The van der Waals surface area contributed by atoms with E-state index in [0.29, 0.717) is 0 Å². The van der Waals surface area contributed by atoms with Crippen molar-refractivity contribution in [1.29, 1.82) is 0 Å². The van der Waals surface area contributed by atoms with Crippen LogP contribution in [-0.4, -0.2) is 28.3 Å². The molecule has 0 spiro atoms. The van der Waals surface area contributed by atoms with Crippen molar-refractivity contribution in [2.45, 2.75) is 46.0 Å². The van der Waals surface area contributed by atoms with Crippen molar-refractivity contribution in [3.63, 3.8) is 0 Å². The van der Waals surface area contributed by atoms with Gasteiger partial charge in [0.25, 0.3) is 0 Å². The molecule has 4 rings (SSSR count). The molecule has 0 fully saturated rings. The Kier molecular flexibility index (Phi) is 8.04. The molecule has 0 atom stereocenters. The maximum absolute atomic E-state index is 4.67. The van der Waals surface area contributed by atoms with Gasteiger partial charge in [0.05, 0.1) is 5.69 Å². The van der Waals surface area contributed by atoms with Crippen LogP contribution in [0.5, 0.6) is 0 Å². The normalized spacial score (nSPS) is 17.5. The molecule has 33 heavy (non-hydrogen) atoms. The van der Waals surface area contributed by atoms with E-state index in [1.54, 1.807) is 0 Å². The maximum Gasteiger partial charge on any atom is 0.118 e. The predicted molar refractivity (Wildman–Crippen MR) is 139 cm³/mol. The predicted octanol–water partition coefficient (Wildman–Crippen LogP) is 5.06. The minimum atomic E-state index is 0.890. The lowest BCUT2D eigenvalue weighted by Crippen LogP contribution is -2.24. The highest BCUT2D eigenvalue weighted by Crippen LogP contribution is 2.28. The lowest BCUT2D eigenvalue weighted by atomic mass is 9.99. The van der Waals surface area contributed by atoms with Gasteiger partial charge in [-0.3, -0.25) is 10.1 Å². The van der Waals surface area contributed by atoms with Gasteiger partial charge in [-0.15, -0.1) is 0 Å². The molecule has 0 saturated carbocycles. The lowest BCUT2D eigenvalue weighted by molar-refractivity contribution is 0.600. The van der Waals surface area contributed by atoms with E-state index in [9.17, 15) is 0 Å². The summed E-state index contributed by atoms with van der Waals surface area (Å²) in [6.45, 7) is 6.47. The average molecular weight is 439 g/mol. The first kappa shape index (κ1) is 22.9. The van der Waals surface area contributed by atoms with E-state index in [1.807, 2.05) is 31.3 Å². The number of aryl methyl sites for hydroxylation is 1. The third-order valence-corrected chi connectivity index (χ3v) is 5.95. The van der Waals surface area contributed by atoms with E-state index >= 15 is 0 Å². The molecule has 170 valence electrons. The van der Waals surface area contributed by atoms with Crippen molar-refractivity contribution in [2.75, 3.05) is 13.1 Å². The molecule has 3 aromatic rings. The Balaban J connectivity index is 1.56. The van der Waals surface area contributed by atoms with E-state index in [4.69, 9.17) is 0 Å². The van der Waals surface area contributed by atoms with Gasteiger partial charge in [-0.1, -0.05) is 61.9 Å². The minimum Gasteiger partial charge on any atom is -0.317 e. The number of pyridine rings is 1. The molecular formula is C29H34N4. The summed E-state index contributed by atoms with van der Waals surface area (Å²) in [7, 11) is 0. The first-order valence-electron chi connectivity index (χ1n) is 12.1. The molecule has 1 aliphatic rings. The molecule has 0 radical (unpaired) electrons. The Morgan fingerprint density at radius 2 is 1.85 bits per heavy atom. The Morgan fingerprint density at radius 1 is 0.939 bits per heavy atom. The van der Waals surface area contributed by atoms with Gasteiger partial charge >= 0.3 is 0 Å². The van der Waals surface area contributed by atoms with E-state index in [0.717, 1.165) is 47.7 Å². The van der Waals surface area contributed by atoms with Gasteiger partial charge in [-0.05, 0) is 85.5 Å². The highest BCUT2D eigenvalue weighted by Gasteiger charge is 2.12. The zero-order chi connectivity index (χ0) is 22.9. The Morgan fingerprint density at radius 3 is 2.73 bits per heavy atom. The molecule has 1 aliphatic carbocycles. The third kappa shape index (κ3) is 6.17. The molecular weight excluding hydrogens is 404 g/mol. The van der Waals surface area contributed by atoms with Crippen LogP contribution in [0.3, 0.4) is 0 Å². The molecule has 0 aliphatic heterocycles. The summed E-state index contributed by atoms with van der Waals surface area (Å²) < 4.78 is 0. The summed E-state index contributed by atoms with van der Waals surface area (Å²) >= 11 is 0. The number of hydrogen-bond acceptors (Lipinski definition) is 3. The quantitative estimate of drug-likeness (QED) is 0.435. The molecule has 4 heteroatoms. The zero-order valence-electron chi connectivity index (χ0n) is 19.8. The molecule has 0 amide bonds. The molecule has 4 nitrogen and oxygen atoms in total. The topological polar surface area (TPSA) is 53.6 Å². The van der Waals surface area contributed by atoms with Crippen LogP contribution in [0, 0.1) is 6.92 Å². The second-order valence-electron chi connectivity index (χ2n) is 8.65. The van der Waals surface area contributed by atoms with Crippen LogP contribution in [0.2, 0.25) is 0 Å². The summed E-state index contributed by atoms with van der Waals surface area (Å²) in [6.07, 6.45) is 19.1. The van der Waals surface area contributed by atoms with Crippen LogP contribution in [0.1, 0.15) is 44.7 Å². The number of fused-ring (bicyclic) bond motifs is 1. The van der Waals surface area contributed by atoms with Gasteiger partial charge in [0.15, 0.2) is 0 Å². The van der Waals surface area contributed by atoms with Crippen molar-refractivity contribution in [1.82, 2.24) is 20.5 Å². The van der Waals surface area contributed by atoms with E-state index in [2.05, 4.69) is 76.0 Å². The first-order chi connectivity index (χ1) is 16.2. The smallest absolute Gasteiger partial charge is 0.118 e. The number of H-pyrrole nitrogens is 1. The van der Waals surface area contributed by atoms with Crippen LogP contribution in [-0.2, 0) is 0 Å². The molecule has 2 aromatic heterocycles. The van der Waals surface area contributed by atoms with Gasteiger partial charge < -0.3 is 5.32 Å². The van der Waals surface area contributed by atoms with Crippen LogP contribution >= 0.6 is 0 Å². The Labute approximate surface area is 196 Å². The monoisotopic (exact) mass is 438 g/mol. The largest absolute Gasteiger partial charge is 0.317 e. The Hall–Kier alpha value is -3.24. The molecule has 0 bridgehead atoms. The number of benzene rings is 1. The highest BCUT2D eigenvalue weighted by atomic mass is 15.1. The standard InChI is InChI=1S/C29H34N4/c1-3-17-30-18-8-4-5-11-23-12-6-7-13-24-15-16-25(20-26(24)19-23)27-21-31-33-29(27)28-14-9-10-22(2)32-28/h6-7,9-10,12-16,19-21,30H,3-5,8,11,17-18H2,1-2H3,(H,31,33)/b7-6+,12-6?,13-7?,23-12-,23-19?,24-13+,26-19-. The van der Waals surface area contributed by atoms with Gasteiger partial charge in [-0.2, -0.15) is 5.10 Å². The van der Waals surface area contributed by atoms with Gasteiger partial charge in [0.2, 0.25) is 0 Å². The van der Waals surface area contributed by atoms with E-state index in [1.165, 1.54) is 41.7 Å². The lowest BCUT2D eigenvalue weighted by Gasteiger charge is -2.07. The van der Waals surface area contributed by atoms with Crippen molar-refractivity contribution >= 4 is 12.2 Å². The van der Waals surface area contributed by atoms with Crippen molar-refractivity contribution in [2.24, 2.45) is 0 Å². The van der Waals surface area contributed by atoms with E-state index < -0.39 is 0 Å². The number of nitrogens with one attached hydrogen (secondary N) is 2.